The second-order valence-electron chi connectivity index (χ2n) is 6.42. The van der Waals surface area contributed by atoms with E-state index in [9.17, 15) is 0 Å². The molecule has 1 saturated heterocycles. The van der Waals surface area contributed by atoms with Gasteiger partial charge in [0.25, 0.3) is 0 Å². The second-order valence-corrected chi connectivity index (χ2v) is 6.42. The van der Waals surface area contributed by atoms with E-state index in [4.69, 9.17) is 0 Å². The largest absolute Gasteiger partial charge is 0.384 e. The molecular weight excluding hydrogens is 312 g/mol. The predicted octanol–water partition coefficient (Wildman–Crippen LogP) is 2.95. The molecule has 0 unspecified atom stereocenters. The molecule has 0 aliphatic carbocycles. The minimum Gasteiger partial charge on any atom is -0.384 e. The zero-order chi connectivity index (χ0) is 17.1. The van der Waals surface area contributed by atoms with Crippen LogP contribution in [0.15, 0.2) is 42.9 Å². The molecular formula is C19H24N6. The van der Waals surface area contributed by atoms with Gasteiger partial charge in [0.2, 0.25) is 0 Å². The van der Waals surface area contributed by atoms with Crippen molar-refractivity contribution in [3.63, 3.8) is 0 Å². The van der Waals surface area contributed by atoms with Crippen LogP contribution in [0.5, 0.6) is 0 Å². The predicted molar refractivity (Wildman–Crippen MR) is 102 cm³/mol. The first-order valence-corrected chi connectivity index (χ1v) is 8.91. The van der Waals surface area contributed by atoms with Gasteiger partial charge in [-0.2, -0.15) is 0 Å². The molecule has 1 aliphatic heterocycles. The molecule has 1 fully saturated rings. The highest BCUT2D eigenvalue weighted by atomic mass is 15.1. The SMILES string of the molecule is CNc1nccn2c(-c3ccc(NCCN4CCCC4)cc3)cnc12. The minimum atomic E-state index is 0.786. The fourth-order valence-corrected chi connectivity index (χ4v) is 3.43. The minimum absolute atomic E-state index is 0.786. The average Bonchev–Trinajstić information content (AvgIpc) is 3.32. The highest BCUT2D eigenvalue weighted by Gasteiger charge is 2.11. The van der Waals surface area contributed by atoms with Crippen LogP contribution in [0.1, 0.15) is 12.8 Å². The number of nitrogens with zero attached hydrogens (tertiary/aromatic N) is 4. The van der Waals surface area contributed by atoms with Gasteiger partial charge in [-0.15, -0.1) is 0 Å². The van der Waals surface area contributed by atoms with E-state index in [1.807, 2.05) is 19.4 Å². The maximum atomic E-state index is 4.50. The number of likely N-dealkylation sites (tertiary alicyclic amines) is 1. The maximum absolute atomic E-state index is 4.50. The summed E-state index contributed by atoms with van der Waals surface area (Å²) >= 11 is 0. The molecule has 1 aromatic carbocycles. The van der Waals surface area contributed by atoms with Gasteiger partial charge in [-0.05, 0) is 38.1 Å². The molecule has 0 radical (unpaired) electrons. The van der Waals surface area contributed by atoms with Crippen LogP contribution in [-0.2, 0) is 0 Å². The van der Waals surface area contributed by atoms with Gasteiger partial charge < -0.3 is 15.5 Å². The monoisotopic (exact) mass is 336 g/mol. The molecule has 0 atom stereocenters. The van der Waals surface area contributed by atoms with Gasteiger partial charge in [0, 0.05) is 43.8 Å². The van der Waals surface area contributed by atoms with E-state index in [2.05, 4.69) is 54.2 Å². The topological polar surface area (TPSA) is 57.5 Å². The lowest BCUT2D eigenvalue weighted by atomic mass is 10.1. The molecule has 6 nitrogen and oxygen atoms in total. The molecule has 3 aromatic rings. The van der Waals surface area contributed by atoms with Crippen molar-refractivity contribution >= 4 is 17.2 Å². The molecule has 6 heteroatoms. The van der Waals surface area contributed by atoms with Crippen molar-refractivity contribution in [1.82, 2.24) is 19.3 Å². The van der Waals surface area contributed by atoms with Gasteiger partial charge in [0.05, 0.1) is 11.9 Å². The van der Waals surface area contributed by atoms with Crippen LogP contribution in [0.25, 0.3) is 16.9 Å². The third-order valence-corrected chi connectivity index (χ3v) is 4.80. The van der Waals surface area contributed by atoms with Crippen molar-refractivity contribution in [2.75, 3.05) is 43.9 Å². The summed E-state index contributed by atoms with van der Waals surface area (Å²) in [5.74, 6) is 0.786. The van der Waals surface area contributed by atoms with Crippen molar-refractivity contribution in [1.29, 1.82) is 0 Å². The Morgan fingerprint density at radius 2 is 1.88 bits per heavy atom. The van der Waals surface area contributed by atoms with E-state index in [-0.39, 0.29) is 0 Å². The van der Waals surface area contributed by atoms with Crippen molar-refractivity contribution in [3.05, 3.63) is 42.9 Å². The zero-order valence-electron chi connectivity index (χ0n) is 14.6. The van der Waals surface area contributed by atoms with Crippen LogP contribution in [0.2, 0.25) is 0 Å². The summed E-state index contributed by atoms with van der Waals surface area (Å²) in [5, 5.41) is 6.60. The van der Waals surface area contributed by atoms with Crippen LogP contribution >= 0.6 is 0 Å². The number of nitrogens with one attached hydrogen (secondary N) is 2. The van der Waals surface area contributed by atoms with E-state index in [1.165, 1.54) is 25.9 Å². The van der Waals surface area contributed by atoms with Gasteiger partial charge in [0.1, 0.15) is 0 Å². The highest BCUT2D eigenvalue weighted by molar-refractivity contribution is 5.71. The smallest absolute Gasteiger partial charge is 0.180 e. The Bertz CT molecular complexity index is 833. The lowest BCUT2D eigenvalue weighted by molar-refractivity contribution is 0.352. The lowest BCUT2D eigenvalue weighted by Crippen LogP contribution is -2.25. The van der Waals surface area contributed by atoms with Crippen molar-refractivity contribution in [2.45, 2.75) is 12.8 Å². The molecule has 25 heavy (non-hydrogen) atoms. The molecule has 130 valence electrons. The Balaban J connectivity index is 1.46. The maximum Gasteiger partial charge on any atom is 0.180 e. The Labute approximate surface area is 147 Å². The molecule has 0 saturated carbocycles. The molecule has 1 aliphatic rings. The number of fused-ring (bicyclic) bond motifs is 1. The summed E-state index contributed by atoms with van der Waals surface area (Å²) in [6, 6.07) is 8.56. The number of benzene rings is 1. The third kappa shape index (κ3) is 3.30. The van der Waals surface area contributed by atoms with Gasteiger partial charge in [0.15, 0.2) is 11.5 Å². The number of rotatable bonds is 6. The molecule has 2 aromatic heterocycles. The average molecular weight is 336 g/mol. The van der Waals surface area contributed by atoms with Crippen molar-refractivity contribution in [2.24, 2.45) is 0 Å². The first-order valence-electron chi connectivity index (χ1n) is 8.91. The Morgan fingerprint density at radius 3 is 2.64 bits per heavy atom. The summed E-state index contributed by atoms with van der Waals surface area (Å²) in [6.07, 6.45) is 8.32. The van der Waals surface area contributed by atoms with Crippen LogP contribution in [0.3, 0.4) is 0 Å². The van der Waals surface area contributed by atoms with Gasteiger partial charge in [-0.25, -0.2) is 9.97 Å². The fraction of sp³-hybridized carbons (Fsp3) is 0.368. The summed E-state index contributed by atoms with van der Waals surface area (Å²) in [5.41, 5.74) is 4.21. The van der Waals surface area contributed by atoms with Crippen molar-refractivity contribution in [3.8, 4) is 11.3 Å². The Morgan fingerprint density at radius 1 is 1.08 bits per heavy atom. The van der Waals surface area contributed by atoms with E-state index >= 15 is 0 Å². The molecule has 3 heterocycles. The van der Waals surface area contributed by atoms with Crippen LogP contribution in [0, 0.1) is 0 Å². The second kappa shape index (κ2) is 7.11. The van der Waals surface area contributed by atoms with E-state index in [0.717, 1.165) is 41.5 Å². The molecule has 0 spiro atoms. The molecule has 0 amide bonds. The first-order chi connectivity index (χ1) is 12.3. The van der Waals surface area contributed by atoms with Crippen LogP contribution in [0.4, 0.5) is 11.5 Å². The zero-order valence-corrected chi connectivity index (χ0v) is 14.6. The highest BCUT2D eigenvalue weighted by Crippen LogP contribution is 2.24. The molecule has 0 bridgehead atoms. The summed E-state index contributed by atoms with van der Waals surface area (Å²) in [7, 11) is 1.86. The third-order valence-electron chi connectivity index (χ3n) is 4.80. The van der Waals surface area contributed by atoms with Crippen LogP contribution < -0.4 is 10.6 Å². The Hall–Kier alpha value is -2.60. The normalized spacial score (nSPS) is 14.9. The summed E-state index contributed by atoms with van der Waals surface area (Å²) in [4.78, 5) is 11.3. The lowest BCUT2D eigenvalue weighted by Gasteiger charge is -2.15. The number of hydrogen-bond donors (Lipinski definition) is 2. The van der Waals surface area contributed by atoms with E-state index in [1.54, 1.807) is 6.20 Å². The number of hydrogen-bond acceptors (Lipinski definition) is 5. The quantitative estimate of drug-likeness (QED) is 0.725. The number of imidazole rings is 1. The number of anilines is 2. The standard InChI is InChI=1S/C19H24N6/c1-20-18-19-23-14-17(25(19)13-9-22-18)15-4-6-16(7-5-15)21-8-12-24-10-2-3-11-24/h4-7,9,13-14,21H,2-3,8,10-12H2,1H3,(H,20,22). The van der Waals surface area contributed by atoms with Gasteiger partial charge in [-0.3, -0.25) is 4.40 Å². The summed E-state index contributed by atoms with van der Waals surface area (Å²) in [6.45, 7) is 4.61. The van der Waals surface area contributed by atoms with E-state index < -0.39 is 0 Å². The molecule has 4 rings (SSSR count). The van der Waals surface area contributed by atoms with Crippen LogP contribution in [-0.4, -0.2) is 52.5 Å². The van der Waals surface area contributed by atoms with E-state index in [0.29, 0.717) is 0 Å². The van der Waals surface area contributed by atoms with Gasteiger partial charge >= 0.3 is 0 Å². The fourth-order valence-electron chi connectivity index (χ4n) is 3.43. The number of aromatic nitrogens is 3. The summed E-state index contributed by atoms with van der Waals surface area (Å²) < 4.78 is 2.06. The van der Waals surface area contributed by atoms with Gasteiger partial charge in [-0.1, -0.05) is 12.1 Å². The van der Waals surface area contributed by atoms with Crippen molar-refractivity contribution < 1.29 is 0 Å². The molecule has 2 N–H and O–H groups in total. The Kier molecular flexibility index (Phi) is 4.52. The first kappa shape index (κ1) is 15.9.